The van der Waals surface area contributed by atoms with E-state index in [0.29, 0.717) is 5.92 Å². The van der Waals surface area contributed by atoms with Crippen molar-refractivity contribution in [1.82, 2.24) is 5.32 Å². The van der Waals surface area contributed by atoms with E-state index in [1.165, 1.54) is 5.56 Å². The van der Waals surface area contributed by atoms with Gasteiger partial charge in [0.05, 0.1) is 7.11 Å². The highest BCUT2D eigenvalue weighted by Gasteiger charge is 2.19. The molecule has 0 heterocycles. The van der Waals surface area contributed by atoms with Gasteiger partial charge >= 0.3 is 0 Å². The largest absolute Gasteiger partial charge is 0.496 e. The predicted molar refractivity (Wildman–Crippen MR) is 74.4 cm³/mol. The van der Waals surface area contributed by atoms with Gasteiger partial charge in [-0.05, 0) is 44.5 Å². The lowest BCUT2D eigenvalue weighted by atomic mass is 9.90. The maximum atomic E-state index is 6.34. The Morgan fingerprint density at radius 3 is 2.53 bits per heavy atom. The number of rotatable bonds is 5. The minimum Gasteiger partial charge on any atom is -0.496 e. The summed E-state index contributed by atoms with van der Waals surface area (Å²) in [7, 11) is 3.69. The molecule has 0 aliphatic rings. The summed E-state index contributed by atoms with van der Waals surface area (Å²) in [5.41, 5.74) is 3.45. The first-order valence-corrected chi connectivity index (χ1v) is 6.42. The number of likely N-dealkylation sites (N-methyl/N-ethyl adjacent to an activating group) is 1. The first kappa shape index (κ1) is 14.3. The van der Waals surface area contributed by atoms with Gasteiger partial charge in [-0.25, -0.2) is 0 Å². The zero-order valence-electron chi connectivity index (χ0n) is 11.4. The predicted octanol–water partition coefficient (Wildman–Crippen LogP) is 3.68. The number of methoxy groups -OCH3 is 1. The van der Waals surface area contributed by atoms with Crippen molar-refractivity contribution in [3.05, 3.63) is 27.8 Å². The van der Waals surface area contributed by atoms with Crippen molar-refractivity contribution in [3.63, 3.8) is 0 Å². The summed E-state index contributed by atoms with van der Waals surface area (Å²) in [5, 5.41) is 4.09. The Morgan fingerprint density at radius 2 is 2.06 bits per heavy atom. The van der Waals surface area contributed by atoms with Crippen molar-refractivity contribution in [1.29, 1.82) is 0 Å². The molecular weight excluding hydrogens is 234 g/mol. The van der Waals surface area contributed by atoms with Crippen LogP contribution in [-0.2, 0) is 0 Å². The lowest BCUT2D eigenvalue weighted by Crippen LogP contribution is -2.18. The number of halogens is 1. The summed E-state index contributed by atoms with van der Waals surface area (Å²) in [6.07, 6.45) is 1.07. The van der Waals surface area contributed by atoms with E-state index in [0.717, 1.165) is 34.9 Å². The van der Waals surface area contributed by atoms with Crippen LogP contribution < -0.4 is 10.1 Å². The van der Waals surface area contributed by atoms with Gasteiger partial charge in [0, 0.05) is 23.0 Å². The van der Waals surface area contributed by atoms with Gasteiger partial charge in [-0.15, -0.1) is 0 Å². The van der Waals surface area contributed by atoms with E-state index in [1.807, 2.05) is 20.0 Å². The standard InChI is InChI=1S/C14H22ClNO/c1-6-11(8-16-4)13-10(3)14(15)9(2)7-12(13)17-5/h7,11,16H,6,8H2,1-5H3. The molecule has 1 unspecified atom stereocenters. The summed E-state index contributed by atoms with van der Waals surface area (Å²) >= 11 is 6.34. The van der Waals surface area contributed by atoms with Crippen molar-refractivity contribution in [2.45, 2.75) is 33.1 Å². The molecule has 0 aliphatic heterocycles. The molecule has 96 valence electrons. The van der Waals surface area contributed by atoms with Gasteiger partial charge in [0.25, 0.3) is 0 Å². The molecule has 0 saturated heterocycles. The quantitative estimate of drug-likeness (QED) is 0.867. The van der Waals surface area contributed by atoms with E-state index in [2.05, 4.69) is 19.2 Å². The molecular formula is C14H22ClNO. The van der Waals surface area contributed by atoms with Crippen molar-refractivity contribution in [3.8, 4) is 5.75 Å². The second-order valence-corrected chi connectivity index (χ2v) is 4.79. The Balaban J connectivity index is 3.33. The normalized spacial score (nSPS) is 12.6. The number of nitrogens with one attached hydrogen (secondary N) is 1. The SMILES string of the molecule is CCC(CNC)c1c(OC)cc(C)c(Cl)c1C. The molecule has 1 atom stereocenters. The summed E-state index contributed by atoms with van der Waals surface area (Å²) in [6.45, 7) is 7.22. The number of aryl methyl sites for hydroxylation is 1. The van der Waals surface area contributed by atoms with Crippen LogP contribution in [0.25, 0.3) is 0 Å². The first-order valence-electron chi connectivity index (χ1n) is 6.04. The van der Waals surface area contributed by atoms with Crippen LogP contribution in [0.1, 0.15) is 36.0 Å². The van der Waals surface area contributed by atoms with Gasteiger partial charge in [-0.2, -0.15) is 0 Å². The van der Waals surface area contributed by atoms with E-state index >= 15 is 0 Å². The monoisotopic (exact) mass is 255 g/mol. The molecule has 3 heteroatoms. The molecule has 17 heavy (non-hydrogen) atoms. The fourth-order valence-electron chi connectivity index (χ4n) is 2.31. The zero-order valence-corrected chi connectivity index (χ0v) is 12.1. The Bertz CT molecular complexity index is 390. The molecule has 1 N–H and O–H groups in total. The molecule has 0 amide bonds. The number of hydrogen-bond acceptors (Lipinski definition) is 2. The summed E-state index contributed by atoms with van der Waals surface area (Å²) in [4.78, 5) is 0. The second kappa shape index (κ2) is 6.27. The van der Waals surface area contributed by atoms with Crippen LogP contribution in [-0.4, -0.2) is 20.7 Å². The van der Waals surface area contributed by atoms with Crippen LogP contribution in [0.4, 0.5) is 0 Å². The molecule has 0 fully saturated rings. The van der Waals surface area contributed by atoms with E-state index in [-0.39, 0.29) is 0 Å². The van der Waals surface area contributed by atoms with Gasteiger partial charge in [0.2, 0.25) is 0 Å². The van der Waals surface area contributed by atoms with Gasteiger partial charge in [-0.1, -0.05) is 18.5 Å². The third kappa shape index (κ3) is 2.93. The van der Waals surface area contributed by atoms with Gasteiger partial charge in [0.1, 0.15) is 5.75 Å². The molecule has 1 aromatic rings. The van der Waals surface area contributed by atoms with Gasteiger partial charge in [0.15, 0.2) is 0 Å². The molecule has 1 rings (SSSR count). The summed E-state index contributed by atoms with van der Waals surface area (Å²) in [6, 6.07) is 2.03. The maximum Gasteiger partial charge on any atom is 0.123 e. The molecule has 0 aliphatic carbocycles. The Labute approximate surface area is 109 Å². The summed E-state index contributed by atoms with van der Waals surface area (Å²) in [5.74, 6) is 1.39. The van der Waals surface area contributed by atoms with Crippen LogP contribution in [0.2, 0.25) is 5.02 Å². The fraction of sp³-hybridized carbons (Fsp3) is 0.571. The van der Waals surface area contributed by atoms with Crippen LogP contribution in [0.5, 0.6) is 5.75 Å². The number of benzene rings is 1. The van der Waals surface area contributed by atoms with E-state index in [9.17, 15) is 0 Å². The number of ether oxygens (including phenoxy) is 1. The topological polar surface area (TPSA) is 21.3 Å². The highest BCUT2D eigenvalue weighted by Crippen LogP contribution is 2.37. The third-order valence-electron chi connectivity index (χ3n) is 3.26. The van der Waals surface area contributed by atoms with Crippen molar-refractivity contribution < 1.29 is 4.74 Å². The van der Waals surface area contributed by atoms with E-state index in [4.69, 9.17) is 16.3 Å². The van der Waals surface area contributed by atoms with Crippen LogP contribution in [0.3, 0.4) is 0 Å². The van der Waals surface area contributed by atoms with Crippen LogP contribution >= 0.6 is 11.6 Å². The van der Waals surface area contributed by atoms with Crippen LogP contribution in [0, 0.1) is 13.8 Å². The smallest absolute Gasteiger partial charge is 0.123 e. The molecule has 0 bridgehead atoms. The minimum atomic E-state index is 0.438. The third-order valence-corrected chi connectivity index (χ3v) is 3.85. The Morgan fingerprint density at radius 1 is 1.41 bits per heavy atom. The minimum absolute atomic E-state index is 0.438. The Kier molecular flexibility index (Phi) is 5.29. The zero-order chi connectivity index (χ0) is 13.0. The molecule has 0 radical (unpaired) electrons. The average molecular weight is 256 g/mol. The second-order valence-electron chi connectivity index (χ2n) is 4.41. The molecule has 2 nitrogen and oxygen atoms in total. The van der Waals surface area contributed by atoms with Gasteiger partial charge < -0.3 is 10.1 Å². The first-order chi connectivity index (χ1) is 8.06. The lowest BCUT2D eigenvalue weighted by Gasteiger charge is -2.22. The Hall–Kier alpha value is -0.730. The maximum absolute atomic E-state index is 6.34. The van der Waals surface area contributed by atoms with Crippen LogP contribution in [0.15, 0.2) is 6.07 Å². The van der Waals surface area contributed by atoms with Crippen molar-refractivity contribution in [2.75, 3.05) is 20.7 Å². The lowest BCUT2D eigenvalue weighted by molar-refractivity contribution is 0.402. The van der Waals surface area contributed by atoms with Crippen molar-refractivity contribution >= 4 is 11.6 Å². The highest BCUT2D eigenvalue weighted by atomic mass is 35.5. The highest BCUT2D eigenvalue weighted by molar-refractivity contribution is 6.32. The average Bonchev–Trinajstić information content (AvgIpc) is 2.33. The van der Waals surface area contributed by atoms with Gasteiger partial charge in [-0.3, -0.25) is 0 Å². The fourth-order valence-corrected chi connectivity index (χ4v) is 2.47. The molecule has 0 saturated carbocycles. The summed E-state index contributed by atoms with van der Waals surface area (Å²) < 4.78 is 5.50. The van der Waals surface area contributed by atoms with Crippen molar-refractivity contribution in [2.24, 2.45) is 0 Å². The molecule has 0 aromatic heterocycles. The van der Waals surface area contributed by atoms with E-state index < -0.39 is 0 Å². The molecule has 0 spiro atoms. The number of hydrogen-bond donors (Lipinski definition) is 1. The van der Waals surface area contributed by atoms with E-state index in [1.54, 1.807) is 7.11 Å². The molecule has 1 aromatic carbocycles.